The standard InChI is InChI=1S/C21H20O8S/c1-24-18-4-12(6-22)2-16(20(18)27-10-14-8-25-14)17-3-13(7-23)5-19(29-30)21(17)28-11-15-9-26-15/h2-7,14-15,30H,8-11H2,1H3. The number of hydrogen-bond donors (Lipinski definition) is 1. The summed E-state index contributed by atoms with van der Waals surface area (Å²) >= 11 is 3.91. The third-order valence-corrected chi connectivity index (χ3v) is 4.86. The summed E-state index contributed by atoms with van der Waals surface area (Å²) in [6, 6.07) is 6.38. The van der Waals surface area contributed by atoms with E-state index in [4.69, 9.17) is 27.9 Å². The zero-order valence-electron chi connectivity index (χ0n) is 16.2. The van der Waals surface area contributed by atoms with Crippen LogP contribution in [0.25, 0.3) is 11.1 Å². The van der Waals surface area contributed by atoms with E-state index < -0.39 is 0 Å². The molecule has 0 saturated carbocycles. The number of thiol groups is 1. The number of hydrogen-bond acceptors (Lipinski definition) is 9. The molecule has 2 atom stereocenters. The summed E-state index contributed by atoms with van der Waals surface area (Å²) in [5.74, 6) is 1.38. The highest BCUT2D eigenvalue weighted by atomic mass is 32.1. The van der Waals surface area contributed by atoms with Crippen LogP contribution in [0.5, 0.6) is 23.0 Å². The molecule has 4 rings (SSSR count). The molecule has 2 heterocycles. The Kier molecular flexibility index (Phi) is 6.12. The van der Waals surface area contributed by atoms with E-state index in [0.29, 0.717) is 78.5 Å². The van der Waals surface area contributed by atoms with Gasteiger partial charge in [0.15, 0.2) is 23.0 Å². The van der Waals surface area contributed by atoms with Gasteiger partial charge in [0.1, 0.15) is 38.0 Å². The van der Waals surface area contributed by atoms with Crippen LogP contribution in [0.2, 0.25) is 0 Å². The molecule has 158 valence electrons. The molecule has 2 unspecified atom stereocenters. The molecule has 30 heavy (non-hydrogen) atoms. The van der Waals surface area contributed by atoms with Crippen molar-refractivity contribution in [3.8, 4) is 34.1 Å². The summed E-state index contributed by atoms with van der Waals surface area (Å²) < 4.78 is 33.0. The average molecular weight is 432 g/mol. The number of methoxy groups -OCH3 is 1. The Labute approximate surface area is 178 Å². The summed E-state index contributed by atoms with van der Waals surface area (Å²) in [7, 11) is 1.49. The smallest absolute Gasteiger partial charge is 0.180 e. The number of aldehydes is 2. The number of carbonyl (C=O) groups excluding carboxylic acids is 2. The van der Waals surface area contributed by atoms with Crippen LogP contribution in [-0.2, 0) is 9.47 Å². The van der Waals surface area contributed by atoms with E-state index in [2.05, 4.69) is 12.9 Å². The van der Waals surface area contributed by atoms with Crippen molar-refractivity contribution < 1.29 is 37.5 Å². The van der Waals surface area contributed by atoms with E-state index >= 15 is 0 Å². The van der Waals surface area contributed by atoms with Gasteiger partial charge >= 0.3 is 0 Å². The predicted octanol–water partition coefficient (Wildman–Crippen LogP) is 2.77. The zero-order chi connectivity index (χ0) is 21.1. The number of carbonyl (C=O) groups is 2. The molecule has 2 aliphatic rings. The summed E-state index contributed by atoms with van der Waals surface area (Å²) in [5, 5.41) is 0. The van der Waals surface area contributed by atoms with Gasteiger partial charge < -0.3 is 27.9 Å². The van der Waals surface area contributed by atoms with Gasteiger partial charge in [-0.15, -0.1) is 0 Å². The molecule has 2 saturated heterocycles. The molecular formula is C21H20O8S. The van der Waals surface area contributed by atoms with Gasteiger partial charge in [-0.05, 0) is 24.3 Å². The Bertz CT molecular complexity index is 875. The largest absolute Gasteiger partial charge is 0.493 e. The van der Waals surface area contributed by atoms with E-state index in [1.165, 1.54) is 13.2 Å². The minimum Gasteiger partial charge on any atom is -0.493 e. The maximum Gasteiger partial charge on any atom is 0.180 e. The fourth-order valence-corrected chi connectivity index (χ4v) is 3.12. The summed E-state index contributed by atoms with van der Waals surface area (Å²) in [4.78, 5) is 23.1. The maximum atomic E-state index is 11.5. The molecule has 0 bridgehead atoms. The zero-order valence-corrected chi connectivity index (χ0v) is 17.1. The first-order valence-electron chi connectivity index (χ1n) is 9.27. The Morgan fingerprint density at radius 2 is 1.37 bits per heavy atom. The van der Waals surface area contributed by atoms with Crippen LogP contribution in [0.3, 0.4) is 0 Å². The topological polar surface area (TPSA) is 96.1 Å². The molecule has 2 aromatic rings. The summed E-state index contributed by atoms with van der Waals surface area (Å²) in [6.45, 7) is 1.86. The lowest BCUT2D eigenvalue weighted by molar-refractivity contribution is 0.111. The van der Waals surface area contributed by atoms with E-state index in [1.54, 1.807) is 18.2 Å². The lowest BCUT2D eigenvalue weighted by atomic mass is 9.98. The molecule has 2 aromatic carbocycles. The molecule has 9 heteroatoms. The SMILES string of the molecule is COc1cc(C=O)cc(-c2cc(C=O)cc(OS)c2OCC2CO2)c1OCC1CO1. The van der Waals surface area contributed by atoms with Crippen LogP contribution in [0.15, 0.2) is 24.3 Å². The Morgan fingerprint density at radius 1 is 0.900 bits per heavy atom. The van der Waals surface area contributed by atoms with Crippen molar-refractivity contribution in [3.63, 3.8) is 0 Å². The molecule has 2 fully saturated rings. The molecule has 0 radical (unpaired) electrons. The van der Waals surface area contributed by atoms with Gasteiger partial charge in [-0.2, -0.15) is 0 Å². The fourth-order valence-electron chi connectivity index (χ4n) is 2.98. The highest BCUT2D eigenvalue weighted by Gasteiger charge is 2.28. The van der Waals surface area contributed by atoms with Gasteiger partial charge in [0, 0.05) is 35.2 Å². The molecule has 0 aliphatic carbocycles. The Morgan fingerprint density at radius 3 is 1.77 bits per heavy atom. The Balaban J connectivity index is 1.87. The fraction of sp³-hybridized carbons (Fsp3) is 0.333. The minimum atomic E-state index is -0.00468. The lowest BCUT2D eigenvalue weighted by Crippen LogP contribution is -2.09. The average Bonchev–Trinajstić information content (AvgIpc) is 3.70. The van der Waals surface area contributed by atoms with Crippen molar-refractivity contribution >= 4 is 25.5 Å². The van der Waals surface area contributed by atoms with Crippen LogP contribution in [0.1, 0.15) is 20.7 Å². The highest BCUT2D eigenvalue weighted by molar-refractivity contribution is 7.75. The second-order valence-electron chi connectivity index (χ2n) is 6.86. The van der Waals surface area contributed by atoms with Gasteiger partial charge in [-0.25, -0.2) is 0 Å². The molecule has 8 nitrogen and oxygen atoms in total. The normalized spacial score (nSPS) is 19.0. The molecule has 0 N–H and O–H groups in total. The van der Waals surface area contributed by atoms with Crippen LogP contribution in [0, 0.1) is 0 Å². The number of epoxide rings is 2. The quantitative estimate of drug-likeness (QED) is 0.251. The molecule has 2 aliphatic heterocycles. The third-order valence-electron chi connectivity index (χ3n) is 4.67. The van der Waals surface area contributed by atoms with Crippen molar-refractivity contribution in [3.05, 3.63) is 35.4 Å². The van der Waals surface area contributed by atoms with Crippen LogP contribution >= 0.6 is 12.9 Å². The van der Waals surface area contributed by atoms with E-state index in [1.807, 2.05) is 0 Å². The van der Waals surface area contributed by atoms with E-state index in [-0.39, 0.29) is 18.0 Å². The number of ether oxygens (including phenoxy) is 5. The first-order valence-corrected chi connectivity index (χ1v) is 9.64. The monoisotopic (exact) mass is 432 g/mol. The van der Waals surface area contributed by atoms with Gasteiger partial charge in [-0.1, -0.05) is 0 Å². The van der Waals surface area contributed by atoms with Crippen molar-refractivity contribution in [1.82, 2.24) is 0 Å². The van der Waals surface area contributed by atoms with E-state index in [0.717, 1.165) is 0 Å². The predicted molar refractivity (Wildman–Crippen MR) is 109 cm³/mol. The van der Waals surface area contributed by atoms with Crippen molar-refractivity contribution in [1.29, 1.82) is 0 Å². The lowest BCUT2D eigenvalue weighted by Gasteiger charge is -2.19. The maximum absolute atomic E-state index is 11.5. The second-order valence-corrected chi connectivity index (χ2v) is 7.04. The van der Waals surface area contributed by atoms with Crippen molar-refractivity contribution in [2.24, 2.45) is 0 Å². The minimum absolute atomic E-state index is 0.00468. The molecule has 0 aromatic heterocycles. The first-order chi connectivity index (χ1) is 14.7. The Hall–Kier alpha value is -2.75. The van der Waals surface area contributed by atoms with Crippen molar-refractivity contribution in [2.45, 2.75) is 12.2 Å². The van der Waals surface area contributed by atoms with Crippen molar-refractivity contribution in [2.75, 3.05) is 33.5 Å². The molecular weight excluding hydrogens is 412 g/mol. The van der Waals surface area contributed by atoms with Gasteiger partial charge in [0.25, 0.3) is 0 Å². The van der Waals surface area contributed by atoms with E-state index in [9.17, 15) is 9.59 Å². The third kappa shape index (κ3) is 4.53. The van der Waals surface area contributed by atoms with Gasteiger partial charge in [-0.3, -0.25) is 9.59 Å². The number of benzene rings is 2. The highest BCUT2D eigenvalue weighted by Crippen LogP contribution is 2.47. The molecule has 0 spiro atoms. The molecule has 0 amide bonds. The second kappa shape index (κ2) is 8.95. The van der Waals surface area contributed by atoms with Crippen LogP contribution in [0.4, 0.5) is 0 Å². The number of rotatable bonds is 11. The van der Waals surface area contributed by atoms with Crippen LogP contribution in [-0.4, -0.2) is 58.3 Å². The van der Waals surface area contributed by atoms with Gasteiger partial charge in [0.05, 0.1) is 20.3 Å². The summed E-state index contributed by atoms with van der Waals surface area (Å²) in [6.07, 6.45) is 1.40. The summed E-state index contributed by atoms with van der Waals surface area (Å²) in [5.41, 5.74) is 1.73. The van der Waals surface area contributed by atoms with Crippen LogP contribution < -0.4 is 18.4 Å². The first kappa shape index (κ1) is 20.5. The van der Waals surface area contributed by atoms with Gasteiger partial charge in [0.2, 0.25) is 0 Å².